The van der Waals surface area contributed by atoms with Crippen LogP contribution in [0.3, 0.4) is 0 Å². The van der Waals surface area contributed by atoms with Crippen LogP contribution in [0, 0.1) is 0 Å². The maximum atomic E-state index is 12.3. The van der Waals surface area contributed by atoms with Gasteiger partial charge in [-0.05, 0) is 37.3 Å². The number of nitrogens with one attached hydrogen (secondary N) is 1. The van der Waals surface area contributed by atoms with Gasteiger partial charge in [0.25, 0.3) is 5.91 Å². The van der Waals surface area contributed by atoms with Crippen LogP contribution < -0.4 is 14.8 Å². The highest BCUT2D eigenvalue weighted by Crippen LogP contribution is 2.24. The van der Waals surface area contributed by atoms with E-state index in [1.807, 2.05) is 31.2 Å². The molecular weight excluding hydrogens is 294 g/mol. The molecule has 1 unspecified atom stereocenters. The minimum Gasteiger partial charge on any atom is -0.496 e. The molecule has 0 aliphatic heterocycles. The summed E-state index contributed by atoms with van der Waals surface area (Å²) in [4.78, 5) is 23.2. The minimum absolute atomic E-state index is 0.202. The number of carbonyl (C=O) groups excluding carboxylic acids is 2. The number of ether oxygens (including phenoxy) is 2. The number of benzene rings is 2. The van der Waals surface area contributed by atoms with E-state index in [1.54, 1.807) is 31.4 Å². The first-order chi connectivity index (χ1) is 11.0. The van der Waals surface area contributed by atoms with Crippen LogP contribution in [0.5, 0.6) is 11.5 Å². The Kier molecular flexibility index (Phi) is 5.36. The molecule has 23 heavy (non-hydrogen) atoms. The second-order valence-electron chi connectivity index (χ2n) is 5.06. The zero-order valence-electron chi connectivity index (χ0n) is 13.3. The van der Waals surface area contributed by atoms with Crippen molar-refractivity contribution in [3.05, 3.63) is 59.7 Å². The lowest BCUT2D eigenvalue weighted by Crippen LogP contribution is -2.26. The molecule has 5 heteroatoms. The highest BCUT2D eigenvalue weighted by molar-refractivity contribution is 5.94. The second kappa shape index (κ2) is 7.45. The topological polar surface area (TPSA) is 64.6 Å². The van der Waals surface area contributed by atoms with Gasteiger partial charge in [-0.15, -0.1) is 0 Å². The number of carbonyl (C=O) groups is 2. The van der Waals surface area contributed by atoms with Crippen LogP contribution in [0.4, 0.5) is 0 Å². The van der Waals surface area contributed by atoms with E-state index in [2.05, 4.69) is 5.32 Å². The van der Waals surface area contributed by atoms with Crippen LogP contribution in [-0.4, -0.2) is 19.0 Å². The Bertz CT molecular complexity index is 694. The van der Waals surface area contributed by atoms with Gasteiger partial charge in [0, 0.05) is 18.1 Å². The lowest BCUT2D eigenvalue weighted by molar-refractivity contribution is -0.131. The molecule has 0 fully saturated rings. The monoisotopic (exact) mass is 313 g/mol. The molecule has 0 aliphatic carbocycles. The largest absolute Gasteiger partial charge is 0.496 e. The molecule has 1 N–H and O–H groups in total. The maximum Gasteiger partial charge on any atom is 0.308 e. The van der Waals surface area contributed by atoms with E-state index in [-0.39, 0.29) is 11.9 Å². The van der Waals surface area contributed by atoms with E-state index in [4.69, 9.17) is 9.47 Å². The molecule has 0 aliphatic rings. The van der Waals surface area contributed by atoms with Gasteiger partial charge in [-0.25, -0.2) is 0 Å². The van der Waals surface area contributed by atoms with Gasteiger partial charge in [0.15, 0.2) is 0 Å². The summed E-state index contributed by atoms with van der Waals surface area (Å²) < 4.78 is 10.2. The minimum atomic E-state index is -0.396. The molecule has 0 heterocycles. The highest BCUT2D eigenvalue weighted by atomic mass is 16.5. The number of esters is 1. The van der Waals surface area contributed by atoms with Crippen LogP contribution in [-0.2, 0) is 4.79 Å². The Labute approximate surface area is 135 Å². The standard InChI is InChI=1S/C18H19NO4/c1-12(16-6-4-5-7-17(16)22-3)19-18(21)14-8-10-15(11-9-14)23-13(2)20/h4-12H,1-3H3,(H,19,21). The molecule has 0 saturated carbocycles. The molecule has 5 nitrogen and oxygen atoms in total. The fraction of sp³-hybridized carbons (Fsp3) is 0.222. The van der Waals surface area contributed by atoms with Gasteiger partial charge in [0.2, 0.25) is 0 Å². The molecule has 120 valence electrons. The van der Waals surface area contributed by atoms with Crippen molar-refractivity contribution in [1.82, 2.24) is 5.32 Å². The third kappa shape index (κ3) is 4.32. The maximum absolute atomic E-state index is 12.3. The van der Waals surface area contributed by atoms with E-state index in [1.165, 1.54) is 6.92 Å². The Morgan fingerprint density at radius 2 is 1.70 bits per heavy atom. The summed E-state index contributed by atoms with van der Waals surface area (Å²) in [6, 6.07) is 13.7. The quantitative estimate of drug-likeness (QED) is 0.680. The molecule has 2 aromatic rings. The zero-order valence-corrected chi connectivity index (χ0v) is 13.3. The number of hydrogen-bond donors (Lipinski definition) is 1. The predicted molar refractivity (Wildman–Crippen MR) is 86.6 cm³/mol. The summed E-state index contributed by atoms with van der Waals surface area (Å²) >= 11 is 0. The molecule has 0 saturated heterocycles. The van der Waals surface area contributed by atoms with Gasteiger partial charge in [-0.3, -0.25) is 9.59 Å². The van der Waals surface area contributed by atoms with Gasteiger partial charge in [0.1, 0.15) is 11.5 Å². The van der Waals surface area contributed by atoms with Gasteiger partial charge in [-0.1, -0.05) is 18.2 Å². The van der Waals surface area contributed by atoms with E-state index in [9.17, 15) is 9.59 Å². The molecule has 0 spiro atoms. The van der Waals surface area contributed by atoms with Gasteiger partial charge < -0.3 is 14.8 Å². The van der Waals surface area contributed by atoms with Crippen LogP contribution in [0.2, 0.25) is 0 Å². The molecule has 0 radical (unpaired) electrons. The molecular formula is C18H19NO4. The smallest absolute Gasteiger partial charge is 0.308 e. The molecule has 2 aromatic carbocycles. The predicted octanol–water partition coefficient (Wildman–Crippen LogP) is 3.11. The fourth-order valence-electron chi connectivity index (χ4n) is 2.22. The van der Waals surface area contributed by atoms with Gasteiger partial charge in [-0.2, -0.15) is 0 Å². The summed E-state index contributed by atoms with van der Waals surface area (Å²) in [7, 11) is 1.60. The summed E-state index contributed by atoms with van der Waals surface area (Å²) in [6.07, 6.45) is 0. The SMILES string of the molecule is COc1ccccc1C(C)NC(=O)c1ccc(OC(C)=O)cc1. The number of rotatable bonds is 5. The van der Waals surface area contributed by atoms with Crippen molar-refractivity contribution in [1.29, 1.82) is 0 Å². The summed E-state index contributed by atoms with van der Waals surface area (Å²) in [5, 5.41) is 2.92. The van der Waals surface area contributed by atoms with Crippen molar-refractivity contribution >= 4 is 11.9 Å². The lowest BCUT2D eigenvalue weighted by atomic mass is 10.1. The van der Waals surface area contributed by atoms with Crippen molar-refractivity contribution < 1.29 is 19.1 Å². The number of para-hydroxylation sites is 1. The van der Waals surface area contributed by atoms with Crippen molar-refractivity contribution in [2.45, 2.75) is 19.9 Å². The van der Waals surface area contributed by atoms with Crippen molar-refractivity contribution in [2.24, 2.45) is 0 Å². The Hall–Kier alpha value is -2.82. The van der Waals surface area contributed by atoms with Crippen LogP contribution in [0.15, 0.2) is 48.5 Å². The van der Waals surface area contributed by atoms with Crippen molar-refractivity contribution in [3.8, 4) is 11.5 Å². The first-order valence-electron chi connectivity index (χ1n) is 7.23. The second-order valence-corrected chi connectivity index (χ2v) is 5.06. The zero-order chi connectivity index (χ0) is 16.8. The first kappa shape index (κ1) is 16.5. The Morgan fingerprint density at radius 1 is 1.04 bits per heavy atom. The van der Waals surface area contributed by atoms with Crippen LogP contribution in [0.1, 0.15) is 35.8 Å². The Balaban J connectivity index is 2.07. The molecule has 2 rings (SSSR count). The molecule has 0 aromatic heterocycles. The van der Waals surface area contributed by atoms with Crippen LogP contribution in [0.25, 0.3) is 0 Å². The van der Waals surface area contributed by atoms with Gasteiger partial charge >= 0.3 is 5.97 Å². The van der Waals surface area contributed by atoms with Crippen LogP contribution >= 0.6 is 0 Å². The van der Waals surface area contributed by atoms with Gasteiger partial charge in [0.05, 0.1) is 13.2 Å². The Morgan fingerprint density at radius 3 is 2.30 bits per heavy atom. The summed E-state index contributed by atoms with van der Waals surface area (Å²) in [6.45, 7) is 3.22. The normalized spacial score (nSPS) is 11.4. The van der Waals surface area contributed by atoms with Crippen molar-refractivity contribution in [2.75, 3.05) is 7.11 Å². The third-order valence-corrected chi connectivity index (χ3v) is 3.33. The average molecular weight is 313 g/mol. The number of methoxy groups -OCH3 is 1. The number of hydrogen-bond acceptors (Lipinski definition) is 4. The third-order valence-electron chi connectivity index (χ3n) is 3.33. The van der Waals surface area contributed by atoms with E-state index < -0.39 is 5.97 Å². The fourth-order valence-corrected chi connectivity index (χ4v) is 2.22. The van der Waals surface area contributed by atoms with Crippen molar-refractivity contribution in [3.63, 3.8) is 0 Å². The lowest BCUT2D eigenvalue weighted by Gasteiger charge is -2.17. The van der Waals surface area contributed by atoms with E-state index in [0.29, 0.717) is 11.3 Å². The average Bonchev–Trinajstić information content (AvgIpc) is 2.54. The summed E-state index contributed by atoms with van der Waals surface area (Å²) in [5.41, 5.74) is 1.39. The number of amides is 1. The first-order valence-corrected chi connectivity index (χ1v) is 7.23. The highest BCUT2D eigenvalue weighted by Gasteiger charge is 2.14. The van der Waals surface area contributed by atoms with E-state index in [0.717, 1.165) is 11.3 Å². The van der Waals surface area contributed by atoms with E-state index >= 15 is 0 Å². The molecule has 0 bridgehead atoms. The molecule has 1 atom stereocenters. The summed E-state index contributed by atoms with van der Waals surface area (Å²) in [5.74, 6) is 0.530. The molecule has 1 amide bonds.